The van der Waals surface area contributed by atoms with Crippen molar-refractivity contribution in [3.8, 4) is 0 Å². The number of aromatic nitrogens is 1. The van der Waals surface area contributed by atoms with Crippen molar-refractivity contribution in [3.63, 3.8) is 0 Å². The molecule has 2 aromatic rings. The van der Waals surface area contributed by atoms with Gasteiger partial charge in [0.15, 0.2) is 0 Å². The Morgan fingerprint density at radius 3 is 2.67 bits per heavy atom. The number of nitrogens with two attached hydrogens (primary N) is 1. The maximum absolute atomic E-state index is 12.1. The fourth-order valence-electron chi connectivity index (χ4n) is 2.11. The van der Waals surface area contributed by atoms with Gasteiger partial charge in [0, 0.05) is 28.7 Å². The van der Waals surface area contributed by atoms with Crippen LogP contribution in [0.4, 0.5) is 0 Å². The van der Waals surface area contributed by atoms with Gasteiger partial charge in [-0.3, -0.25) is 4.79 Å². The van der Waals surface area contributed by atoms with Gasteiger partial charge in [-0.2, -0.15) is 0 Å². The van der Waals surface area contributed by atoms with Crippen molar-refractivity contribution in [2.24, 2.45) is 11.7 Å². The maximum Gasteiger partial charge on any atom is 0.240 e. The second-order valence-electron chi connectivity index (χ2n) is 5.68. The zero-order valence-corrected chi connectivity index (χ0v) is 13.4. The number of nitrogens with zero attached hydrogens (tertiary/aromatic N) is 1. The molecule has 112 valence electrons. The molecule has 0 radical (unpaired) electrons. The summed E-state index contributed by atoms with van der Waals surface area (Å²) in [7, 11) is 0. The van der Waals surface area contributed by atoms with Crippen LogP contribution in [0.25, 0.3) is 10.9 Å². The predicted octanol–water partition coefficient (Wildman–Crippen LogP) is 2.44. The van der Waals surface area contributed by atoms with Crippen LogP contribution in [-0.2, 0) is 11.3 Å². The fraction of sp³-hybridized carbons (Fsp3) is 0.375. The summed E-state index contributed by atoms with van der Waals surface area (Å²) in [6, 6.07) is 7.92. The van der Waals surface area contributed by atoms with E-state index in [1.807, 2.05) is 42.0 Å². The molecule has 0 aliphatic heterocycles. The Bertz CT molecular complexity index is 675. The Labute approximate surface area is 130 Å². The molecule has 0 aliphatic carbocycles. The number of nitrogens with one attached hydrogen (secondary N) is 1. The lowest BCUT2D eigenvalue weighted by atomic mass is 10.1. The predicted molar refractivity (Wildman–Crippen MR) is 90.3 cm³/mol. The molecule has 4 nitrogen and oxygen atoms in total. The van der Waals surface area contributed by atoms with Crippen LogP contribution in [0.15, 0.2) is 30.5 Å². The Hall–Kier alpha value is -1.88. The van der Waals surface area contributed by atoms with Gasteiger partial charge in [0.2, 0.25) is 5.91 Å². The molecule has 0 saturated carbocycles. The minimum absolute atomic E-state index is 0.0205. The summed E-state index contributed by atoms with van der Waals surface area (Å²) in [5.41, 5.74) is 7.48. The molecule has 1 heterocycles. The molecule has 5 heteroatoms. The number of carbonyl (C=O) groups excluding carboxylic acids is 1. The van der Waals surface area contributed by atoms with Gasteiger partial charge in [0.05, 0.1) is 0 Å². The molecular weight excluding hydrogens is 282 g/mol. The Morgan fingerprint density at radius 1 is 1.33 bits per heavy atom. The summed E-state index contributed by atoms with van der Waals surface area (Å²) in [6.45, 7) is 6.51. The standard InChI is InChI=1S/C16H21N3OS/c1-10(2)11(3)18-15(20)9-19-7-6-12-8-13(16(17)21)4-5-14(12)19/h4-8,10-11H,9H2,1-3H3,(H2,17,21)(H,18,20). The van der Waals surface area contributed by atoms with Crippen molar-refractivity contribution in [1.29, 1.82) is 0 Å². The van der Waals surface area contributed by atoms with Crippen molar-refractivity contribution < 1.29 is 4.79 Å². The van der Waals surface area contributed by atoms with Crippen LogP contribution in [0.1, 0.15) is 26.3 Å². The number of carbonyl (C=O) groups is 1. The first-order valence-electron chi connectivity index (χ1n) is 7.06. The van der Waals surface area contributed by atoms with E-state index in [0.29, 0.717) is 17.5 Å². The van der Waals surface area contributed by atoms with Crippen LogP contribution in [0, 0.1) is 5.92 Å². The van der Waals surface area contributed by atoms with E-state index in [2.05, 4.69) is 19.2 Å². The number of fused-ring (bicyclic) bond motifs is 1. The highest BCUT2D eigenvalue weighted by Crippen LogP contribution is 2.17. The SMILES string of the molecule is CC(C)C(C)NC(=O)Cn1ccc2cc(C(N)=S)ccc21. The third-order valence-electron chi connectivity index (χ3n) is 3.76. The second kappa shape index (κ2) is 6.26. The normalized spacial score (nSPS) is 12.6. The maximum atomic E-state index is 12.1. The van der Waals surface area contributed by atoms with Crippen LogP contribution < -0.4 is 11.1 Å². The molecule has 1 aromatic carbocycles. The summed E-state index contributed by atoms with van der Waals surface area (Å²) < 4.78 is 1.93. The Morgan fingerprint density at radius 2 is 2.05 bits per heavy atom. The van der Waals surface area contributed by atoms with E-state index >= 15 is 0 Å². The number of rotatable bonds is 5. The smallest absolute Gasteiger partial charge is 0.240 e. The molecule has 1 atom stereocenters. The Kier molecular flexibility index (Phi) is 4.63. The number of thiocarbonyl (C=S) groups is 1. The minimum Gasteiger partial charge on any atom is -0.389 e. The molecule has 0 spiro atoms. The molecule has 0 aliphatic rings. The van der Waals surface area contributed by atoms with Gasteiger partial charge < -0.3 is 15.6 Å². The highest BCUT2D eigenvalue weighted by atomic mass is 32.1. The van der Waals surface area contributed by atoms with Crippen molar-refractivity contribution in [1.82, 2.24) is 9.88 Å². The van der Waals surface area contributed by atoms with Gasteiger partial charge >= 0.3 is 0 Å². The number of benzene rings is 1. The summed E-state index contributed by atoms with van der Waals surface area (Å²) in [4.78, 5) is 12.5. The average molecular weight is 303 g/mol. The lowest BCUT2D eigenvalue weighted by Gasteiger charge is -2.17. The zero-order chi connectivity index (χ0) is 15.6. The number of amides is 1. The lowest BCUT2D eigenvalue weighted by molar-refractivity contribution is -0.122. The first-order valence-corrected chi connectivity index (χ1v) is 7.47. The van der Waals surface area contributed by atoms with E-state index in [1.165, 1.54) is 0 Å². The number of hydrogen-bond acceptors (Lipinski definition) is 2. The van der Waals surface area contributed by atoms with Gasteiger partial charge in [0.1, 0.15) is 11.5 Å². The van der Waals surface area contributed by atoms with Crippen LogP contribution in [0.3, 0.4) is 0 Å². The highest BCUT2D eigenvalue weighted by molar-refractivity contribution is 7.80. The van der Waals surface area contributed by atoms with Crippen molar-refractivity contribution in [3.05, 3.63) is 36.0 Å². The molecule has 1 aromatic heterocycles. The van der Waals surface area contributed by atoms with Crippen LogP contribution >= 0.6 is 12.2 Å². The van der Waals surface area contributed by atoms with Crippen molar-refractivity contribution in [2.75, 3.05) is 0 Å². The van der Waals surface area contributed by atoms with E-state index in [9.17, 15) is 4.79 Å². The van der Waals surface area contributed by atoms with E-state index in [1.54, 1.807) is 0 Å². The monoisotopic (exact) mass is 303 g/mol. The van der Waals surface area contributed by atoms with E-state index in [4.69, 9.17) is 18.0 Å². The fourth-order valence-corrected chi connectivity index (χ4v) is 2.24. The topological polar surface area (TPSA) is 60.0 Å². The van der Waals surface area contributed by atoms with Gasteiger partial charge in [-0.25, -0.2) is 0 Å². The third kappa shape index (κ3) is 3.61. The largest absolute Gasteiger partial charge is 0.389 e. The lowest BCUT2D eigenvalue weighted by Crippen LogP contribution is -2.38. The van der Waals surface area contributed by atoms with E-state index in [0.717, 1.165) is 16.5 Å². The average Bonchev–Trinajstić information content (AvgIpc) is 2.80. The molecule has 0 bridgehead atoms. The molecule has 21 heavy (non-hydrogen) atoms. The molecule has 3 N–H and O–H groups in total. The highest BCUT2D eigenvalue weighted by Gasteiger charge is 2.12. The first kappa shape index (κ1) is 15.5. The summed E-state index contributed by atoms with van der Waals surface area (Å²) in [5, 5.41) is 4.04. The zero-order valence-electron chi connectivity index (χ0n) is 12.6. The Balaban J connectivity index is 2.16. The molecular formula is C16H21N3OS. The molecule has 0 fully saturated rings. The van der Waals surface area contributed by atoms with Crippen LogP contribution in [0.5, 0.6) is 0 Å². The quantitative estimate of drug-likeness (QED) is 0.834. The minimum atomic E-state index is 0.0205. The van der Waals surface area contributed by atoms with Gasteiger partial charge in [-0.15, -0.1) is 0 Å². The molecule has 1 unspecified atom stereocenters. The summed E-state index contributed by atoms with van der Waals surface area (Å²) >= 11 is 4.98. The number of hydrogen-bond donors (Lipinski definition) is 2. The van der Waals surface area contributed by atoms with Crippen molar-refractivity contribution in [2.45, 2.75) is 33.4 Å². The van der Waals surface area contributed by atoms with Gasteiger partial charge in [0.25, 0.3) is 0 Å². The third-order valence-corrected chi connectivity index (χ3v) is 3.99. The molecule has 1 amide bonds. The van der Waals surface area contributed by atoms with Crippen LogP contribution in [-0.4, -0.2) is 21.5 Å². The van der Waals surface area contributed by atoms with Gasteiger partial charge in [-0.05, 0) is 37.1 Å². The molecule has 0 saturated heterocycles. The summed E-state index contributed by atoms with van der Waals surface area (Å²) in [5.74, 6) is 0.440. The van der Waals surface area contributed by atoms with E-state index < -0.39 is 0 Å². The van der Waals surface area contributed by atoms with Crippen molar-refractivity contribution >= 4 is 34.0 Å². The molecule has 2 rings (SSSR count). The summed E-state index contributed by atoms with van der Waals surface area (Å²) in [6.07, 6.45) is 1.91. The second-order valence-corrected chi connectivity index (χ2v) is 6.12. The van der Waals surface area contributed by atoms with Crippen LogP contribution in [0.2, 0.25) is 0 Å². The first-order chi connectivity index (χ1) is 9.88. The van der Waals surface area contributed by atoms with Gasteiger partial charge in [-0.1, -0.05) is 26.1 Å². The van der Waals surface area contributed by atoms with E-state index in [-0.39, 0.29) is 11.9 Å².